The lowest BCUT2D eigenvalue weighted by atomic mass is 10.0. The van der Waals surface area contributed by atoms with Gasteiger partial charge in [-0.2, -0.15) is 0 Å². The van der Waals surface area contributed by atoms with Crippen LogP contribution in [0.3, 0.4) is 0 Å². The summed E-state index contributed by atoms with van der Waals surface area (Å²) in [4.78, 5) is 18.2. The summed E-state index contributed by atoms with van der Waals surface area (Å²) in [5.74, 6) is 0.639. The van der Waals surface area contributed by atoms with Gasteiger partial charge in [0.05, 0.1) is 46.6 Å². The standard InChI is InChI=1S/C26H24ClN3O5S/c1-30(2)36(32,33)17-10-11-20(27)23(14-17)29-26(31)19-15-22(28-21-8-6-5-7-18(19)21)16-9-12-24(34-3)25(13-16)35-4/h5-15H,1-4H3,(H,29,31). The van der Waals surface area contributed by atoms with E-state index in [4.69, 9.17) is 26.1 Å². The average molecular weight is 526 g/mol. The second kappa shape index (κ2) is 10.1. The maximum Gasteiger partial charge on any atom is 0.256 e. The minimum atomic E-state index is -3.72. The molecule has 0 saturated heterocycles. The van der Waals surface area contributed by atoms with Crippen LogP contribution < -0.4 is 14.8 Å². The van der Waals surface area contributed by atoms with E-state index in [-0.39, 0.29) is 15.6 Å². The molecule has 0 fully saturated rings. The predicted octanol–water partition coefficient (Wildman–Crippen LogP) is 5.08. The van der Waals surface area contributed by atoms with Gasteiger partial charge in [-0.1, -0.05) is 29.8 Å². The molecule has 1 amide bonds. The molecule has 0 bridgehead atoms. The Morgan fingerprint density at radius 2 is 1.67 bits per heavy atom. The molecule has 1 heterocycles. The molecular formula is C26H24ClN3O5S. The van der Waals surface area contributed by atoms with Crippen molar-refractivity contribution in [1.29, 1.82) is 0 Å². The predicted molar refractivity (Wildman–Crippen MR) is 141 cm³/mol. The normalized spacial score (nSPS) is 11.5. The lowest BCUT2D eigenvalue weighted by Gasteiger charge is -2.15. The summed E-state index contributed by atoms with van der Waals surface area (Å²) in [6.45, 7) is 0. The molecule has 4 aromatic rings. The lowest BCUT2D eigenvalue weighted by molar-refractivity contribution is 0.102. The number of carbonyl (C=O) groups is 1. The van der Waals surface area contributed by atoms with Gasteiger partial charge in [0.25, 0.3) is 5.91 Å². The summed E-state index contributed by atoms with van der Waals surface area (Å²) in [6.07, 6.45) is 0. The van der Waals surface area contributed by atoms with E-state index >= 15 is 0 Å². The van der Waals surface area contributed by atoms with Crippen molar-refractivity contribution in [3.05, 3.63) is 77.3 Å². The number of rotatable bonds is 7. The molecular weight excluding hydrogens is 502 g/mol. The van der Waals surface area contributed by atoms with Crippen LogP contribution in [-0.2, 0) is 10.0 Å². The number of methoxy groups -OCH3 is 2. The number of para-hydroxylation sites is 1. The fourth-order valence-electron chi connectivity index (χ4n) is 3.67. The fraction of sp³-hybridized carbons (Fsp3) is 0.154. The molecule has 3 aromatic carbocycles. The number of benzene rings is 3. The van der Waals surface area contributed by atoms with Crippen LogP contribution in [0.4, 0.5) is 5.69 Å². The molecule has 0 atom stereocenters. The maximum absolute atomic E-state index is 13.5. The van der Waals surface area contributed by atoms with Gasteiger partial charge in [0, 0.05) is 25.0 Å². The van der Waals surface area contributed by atoms with Gasteiger partial charge in [-0.3, -0.25) is 4.79 Å². The topological polar surface area (TPSA) is 97.8 Å². The Morgan fingerprint density at radius 3 is 2.36 bits per heavy atom. The van der Waals surface area contributed by atoms with Crippen LogP contribution in [0.1, 0.15) is 10.4 Å². The first kappa shape index (κ1) is 25.4. The van der Waals surface area contributed by atoms with E-state index in [1.807, 2.05) is 24.3 Å². The Kier molecular flexibility index (Phi) is 7.16. The minimum Gasteiger partial charge on any atom is -0.493 e. The first-order chi connectivity index (χ1) is 17.1. The lowest BCUT2D eigenvalue weighted by Crippen LogP contribution is -2.22. The molecule has 1 N–H and O–H groups in total. The first-order valence-electron chi connectivity index (χ1n) is 10.8. The largest absolute Gasteiger partial charge is 0.493 e. The van der Waals surface area contributed by atoms with Gasteiger partial charge in [-0.15, -0.1) is 0 Å². The van der Waals surface area contributed by atoms with E-state index in [1.165, 1.54) is 32.3 Å². The molecule has 36 heavy (non-hydrogen) atoms. The molecule has 0 spiro atoms. The summed E-state index contributed by atoms with van der Waals surface area (Å²) < 4.78 is 37.0. The fourth-order valence-corrected chi connectivity index (χ4v) is 4.76. The number of anilines is 1. The number of hydrogen-bond donors (Lipinski definition) is 1. The van der Waals surface area contributed by atoms with Crippen molar-refractivity contribution in [3.8, 4) is 22.8 Å². The maximum atomic E-state index is 13.5. The van der Waals surface area contributed by atoms with E-state index in [0.717, 1.165) is 9.87 Å². The highest BCUT2D eigenvalue weighted by molar-refractivity contribution is 7.89. The molecule has 1 aromatic heterocycles. The Morgan fingerprint density at radius 1 is 0.944 bits per heavy atom. The molecule has 4 rings (SSSR count). The molecule has 0 aliphatic heterocycles. The molecule has 186 valence electrons. The number of amides is 1. The summed E-state index contributed by atoms with van der Waals surface area (Å²) in [5.41, 5.74) is 2.42. The van der Waals surface area contributed by atoms with Crippen molar-refractivity contribution in [1.82, 2.24) is 9.29 Å². The van der Waals surface area contributed by atoms with Crippen molar-refractivity contribution < 1.29 is 22.7 Å². The first-order valence-corrected chi connectivity index (χ1v) is 12.6. The number of nitrogens with one attached hydrogen (secondary N) is 1. The second-order valence-electron chi connectivity index (χ2n) is 8.03. The molecule has 0 radical (unpaired) electrons. The van der Waals surface area contributed by atoms with Crippen LogP contribution in [0.2, 0.25) is 5.02 Å². The zero-order valence-corrected chi connectivity index (χ0v) is 21.6. The minimum absolute atomic E-state index is 0.0119. The molecule has 10 heteroatoms. The highest BCUT2D eigenvalue weighted by Gasteiger charge is 2.21. The van der Waals surface area contributed by atoms with Gasteiger partial charge in [-0.25, -0.2) is 17.7 Å². The highest BCUT2D eigenvalue weighted by atomic mass is 35.5. The number of sulfonamides is 1. The van der Waals surface area contributed by atoms with E-state index in [9.17, 15) is 13.2 Å². The van der Waals surface area contributed by atoms with Gasteiger partial charge in [0.2, 0.25) is 10.0 Å². The Bertz CT molecular complexity index is 1570. The van der Waals surface area contributed by atoms with Gasteiger partial charge in [0.15, 0.2) is 11.5 Å². The highest BCUT2D eigenvalue weighted by Crippen LogP contribution is 2.34. The third kappa shape index (κ3) is 4.86. The second-order valence-corrected chi connectivity index (χ2v) is 10.6. The van der Waals surface area contributed by atoms with Crippen molar-refractivity contribution in [2.24, 2.45) is 0 Å². The summed E-state index contributed by atoms with van der Waals surface area (Å²) in [5, 5.41) is 3.60. The molecule has 0 saturated carbocycles. The number of fused-ring (bicyclic) bond motifs is 1. The molecule has 8 nitrogen and oxygen atoms in total. The van der Waals surface area contributed by atoms with Gasteiger partial charge in [-0.05, 0) is 48.5 Å². The van der Waals surface area contributed by atoms with Crippen molar-refractivity contribution in [3.63, 3.8) is 0 Å². The molecule has 0 unspecified atom stereocenters. The van der Waals surface area contributed by atoms with E-state index in [2.05, 4.69) is 5.32 Å². The third-order valence-corrected chi connectivity index (χ3v) is 7.75. The quantitative estimate of drug-likeness (QED) is 0.361. The van der Waals surface area contributed by atoms with E-state index in [0.29, 0.717) is 33.7 Å². The van der Waals surface area contributed by atoms with Crippen LogP contribution in [0.5, 0.6) is 11.5 Å². The zero-order valence-electron chi connectivity index (χ0n) is 20.1. The SMILES string of the molecule is COc1ccc(-c2cc(C(=O)Nc3cc(S(=O)(=O)N(C)C)ccc3Cl)c3ccccc3n2)cc1OC. The van der Waals surface area contributed by atoms with Crippen molar-refractivity contribution in [2.75, 3.05) is 33.6 Å². The summed E-state index contributed by atoms with van der Waals surface area (Å²) in [6, 6.07) is 18.5. The van der Waals surface area contributed by atoms with Gasteiger partial charge in [0.1, 0.15) is 0 Å². The number of nitrogens with zero attached hydrogens (tertiary/aromatic N) is 2. The van der Waals surface area contributed by atoms with Crippen molar-refractivity contribution >= 4 is 44.1 Å². The van der Waals surface area contributed by atoms with Crippen LogP contribution in [0.25, 0.3) is 22.2 Å². The summed E-state index contributed by atoms with van der Waals surface area (Å²) >= 11 is 6.30. The van der Waals surface area contributed by atoms with Crippen LogP contribution in [0, 0.1) is 0 Å². The average Bonchev–Trinajstić information content (AvgIpc) is 2.88. The van der Waals surface area contributed by atoms with E-state index < -0.39 is 15.9 Å². The number of hydrogen-bond acceptors (Lipinski definition) is 6. The molecule has 0 aliphatic carbocycles. The van der Waals surface area contributed by atoms with Gasteiger partial charge < -0.3 is 14.8 Å². The number of ether oxygens (including phenoxy) is 2. The number of aromatic nitrogens is 1. The van der Waals surface area contributed by atoms with E-state index in [1.54, 1.807) is 38.5 Å². The van der Waals surface area contributed by atoms with Crippen molar-refractivity contribution in [2.45, 2.75) is 4.90 Å². The third-order valence-electron chi connectivity index (χ3n) is 5.60. The Labute approximate surface area is 214 Å². The van der Waals surface area contributed by atoms with Crippen LogP contribution in [0.15, 0.2) is 71.6 Å². The van der Waals surface area contributed by atoms with Crippen LogP contribution in [-0.4, -0.2) is 51.9 Å². The number of pyridine rings is 1. The number of carbonyl (C=O) groups excluding carboxylic acids is 1. The van der Waals surface area contributed by atoms with Crippen LogP contribution >= 0.6 is 11.6 Å². The monoisotopic (exact) mass is 525 g/mol. The molecule has 0 aliphatic rings. The summed E-state index contributed by atoms with van der Waals surface area (Å²) in [7, 11) is 2.25. The zero-order chi connectivity index (χ0) is 26.0. The number of halogens is 1. The Balaban J connectivity index is 1.79. The Hall–Kier alpha value is -3.66. The van der Waals surface area contributed by atoms with Gasteiger partial charge >= 0.3 is 0 Å². The smallest absolute Gasteiger partial charge is 0.256 e.